The van der Waals surface area contributed by atoms with Crippen LogP contribution in [0.15, 0.2) is 24.3 Å². The first-order valence-electron chi connectivity index (χ1n) is 6.08. The highest BCUT2D eigenvalue weighted by Gasteiger charge is 2.41. The van der Waals surface area contributed by atoms with E-state index in [1.807, 2.05) is 18.2 Å². The summed E-state index contributed by atoms with van der Waals surface area (Å²) in [6, 6.07) is 11.1. The number of benzene rings is 1. The average molecular weight is 212 g/mol. The van der Waals surface area contributed by atoms with Gasteiger partial charge in [0.2, 0.25) is 0 Å². The molecule has 0 amide bonds. The second kappa shape index (κ2) is 3.92. The van der Waals surface area contributed by atoms with Crippen LogP contribution in [0.2, 0.25) is 0 Å². The van der Waals surface area contributed by atoms with E-state index in [0.717, 1.165) is 30.5 Å². The second-order valence-electron chi connectivity index (χ2n) is 5.05. The molecule has 0 atom stereocenters. The molecule has 82 valence electrons. The predicted molar refractivity (Wildman–Crippen MR) is 62.9 cm³/mol. The number of hydrogen-bond donors (Lipinski definition) is 0. The lowest BCUT2D eigenvalue weighted by Gasteiger charge is -2.25. The number of hydrogen-bond acceptors (Lipinski definition) is 2. The Kier molecular flexibility index (Phi) is 2.41. The number of fused-ring (bicyclic) bond motifs is 1. The summed E-state index contributed by atoms with van der Waals surface area (Å²) in [4.78, 5) is 2.61. The minimum absolute atomic E-state index is 0.781. The molecule has 3 fully saturated rings. The molecule has 16 heavy (non-hydrogen) atoms. The van der Waals surface area contributed by atoms with Gasteiger partial charge in [-0.05, 0) is 42.9 Å². The van der Waals surface area contributed by atoms with Gasteiger partial charge in [-0.1, -0.05) is 12.1 Å². The van der Waals surface area contributed by atoms with Crippen LogP contribution in [-0.2, 0) is 6.42 Å². The first-order valence-corrected chi connectivity index (χ1v) is 6.08. The lowest BCUT2D eigenvalue weighted by Crippen LogP contribution is -2.30. The maximum Gasteiger partial charge on any atom is 0.0991 e. The van der Waals surface area contributed by atoms with Crippen molar-refractivity contribution in [1.82, 2.24) is 4.90 Å². The van der Waals surface area contributed by atoms with E-state index in [2.05, 4.69) is 17.0 Å². The van der Waals surface area contributed by atoms with Gasteiger partial charge in [0.25, 0.3) is 0 Å². The highest BCUT2D eigenvalue weighted by Crippen LogP contribution is 2.40. The van der Waals surface area contributed by atoms with Crippen LogP contribution in [0.25, 0.3) is 0 Å². The normalized spacial score (nSPS) is 27.4. The number of rotatable bonds is 3. The van der Waals surface area contributed by atoms with E-state index in [-0.39, 0.29) is 0 Å². The molecule has 2 heteroatoms. The molecule has 2 nitrogen and oxygen atoms in total. The molecule has 2 aliphatic heterocycles. The zero-order valence-corrected chi connectivity index (χ0v) is 9.39. The summed E-state index contributed by atoms with van der Waals surface area (Å²) in [5.74, 6) is 0.996. The minimum Gasteiger partial charge on any atom is -0.300 e. The van der Waals surface area contributed by atoms with Gasteiger partial charge in [0.15, 0.2) is 0 Å². The van der Waals surface area contributed by atoms with Crippen LogP contribution < -0.4 is 0 Å². The first kappa shape index (κ1) is 9.86. The molecule has 1 aliphatic carbocycles. The lowest BCUT2D eigenvalue weighted by molar-refractivity contribution is 0.249. The van der Waals surface area contributed by atoms with Crippen molar-refractivity contribution >= 4 is 0 Å². The fourth-order valence-corrected chi connectivity index (χ4v) is 2.97. The number of nitrogens with zero attached hydrogens (tertiary/aromatic N) is 2. The first-order chi connectivity index (χ1) is 7.85. The largest absolute Gasteiger partial charge is 0.300 e. The minimum atomic E-state index is 0.781. The molecule has 2 heterocycles. The van der Waals surface area contributed by atoms with E-state index in [0.29, 0.717) is 0 Å². The Morgan fingerprint density at radius 2 is 2.25 bits per heavy atom. The Balaban J connectivity index is 1.60. The van der Waals surface area contributed by atoms with E-state index in [4.69, 9.17) is 5.26 Å². The van der Waals surface area contributed by atoms with E-state index in [9.17, 15) is 0 Å². The van der Waals surface area contributed by atoms with Crippen molar-refractivity contribution in [2.24, 2.45) is 5.92 Å². The molecule has 1 saturated carbocycles. The van der Waals surface area contributed by atoms with Gasteiger partial charge in [-0.3, -0.25) is 4.90 Å². The molecule has 0 aromatic heterocycles. The maximum atomic E-state index is 8.83. The van der Waals surface area contributed by atoms with Gasteiger partial charge in [-0.2, -0.15) is 5.26 Å². The molecule has 4 rings (SSSR count). The number of nitriles is 1. The summed E-state index contributed by atoms with van der Waals surface area (Å²) < 4.78 is 0. The summed E-state index contributed by atoms with van der Waals surface area (Å²) in [5, 5.41) is 8.83. The van der Waals surface area contributed by atoms with Crippen LogP contribution in [0.1, 0.15) is 24.0 Å². The predicted octanol–water partition coefficient (Wildman–Crippen LogP) is 2.19. The third-order valence-electron chi connectivity index (χ3n) is 3.96. The Bertz CT molecular complexity index is 427. The fourth-order valence-electron chi connectivity index (χ4n) is 2.97. The van der Waals surface area contributed by atoms with Crippen molar-refractivity contribution in [3.63, 3.8) is 0 Å². The van der Waals surface area contributed by atoms with E-state index in [1.54, 1.807) is 0 Å². The summed E-state index contributed by atoms with van der Waals surface area (Å²) in [6.07, 6.45) is 3.94. The van der Waals surface area contributed by atoms with Crippen molar-refractivity contribution in [3.8, 4) is 6.07 Å². The average Bonchev–Trinajstić information content (AvgIpc) is 2.85. The van der Waals surface area contributed by atoms with Gasteiger partial charge in [-0.15, -0.1) is 0 Å². The van der Waals surface area contributed by atoms with Gasteiger partial charge in [-0.25, -0.2) is 0 Å². The van der Waals surface area contributed by atoms with Crippen LogP contribution in [0, 0.1) is 17.2 Å². The van der Waals surface area contributed by atoms with Gasteiger partial charge >= 0.3 is 0 Å². The van der Waals surface area contributed by atoms with Crippen LogP contribution in [0.5, 0.6) is 0 Å². The maximum absolute atomic E-state index is 8.83. The van der Waals surface area contributed by atoms with Gasteiger partial charge in [0.05, 0.1) is 11.6 Å². The van der Waals surface area contributed by atoms with Gasteiger partial charge in [0, 0.05) is 19.1 Å². The monoisotopic (exact) mass is 212 g/mol. The molecule has 2 saturated heterocycles. The second-order valence-corrected chi connectivity index (χ2v) is 5.05. The molecular weight excluding hydrogens is 196 g/mol. The van der Waals surface area contributed by atoms with E-state index in [1.165, 1.54) is 24.9 Å². The molecule has 3 aliphatic rings. The molecule has 1 aromatic carbocycles. The quantitative estimate of drug-likeness (QED) is 0.768. The molecule has 0 radical (unpaired) electrons. The molecule has 0 N–H and O–H groups in total. The molecule has 0 unspecified atom stereocenters. The van der Waals surface area contributed by atoms with Crippen molar-refractivity contribution < 1.29 is 0 Å². The highest BCUT2D eigenvalue weighted by atomic mass is 15.2. The van der Waals surface area contributed by atoms with Crippen molar-refractivity contribution in [3.05, 3.63) is 35.4 Å². The smallest absolute Gasteiger partial charge is 0.0991 e. The lowest BCUT2D eigenvalue weighted by atomic mass is 9.86. The topological polar surface area (TPSA) is 27.0 Å². The van der Waals surface area contributed by atoms with Crippen molar-refractivity contribution in [1.29, 1.82) is 5.26 Å². The summed E-state index contributed by atoms with van der Waals surface area (Å²) in [5.41, 5.74) is 2.08. The Morgan fingerprint density at radius 3 is 2.94 bits per heavy atom. The van der Waals surface area contributed by atoms with Crippen LogP contribution in [0.4, 0.5) is 0 Å². The third kappa shape index (κ3) is 1.72. The van der Waals surface area contributed by atoms with Gasteiger partial charge < -0.3 is 0 Å². The molecular formula is C14H16N2. The zero-order chi connectivity index (χ0) is 11.0. The van der Waals surface area contributed by atoms with Crippen LogP contribution in [-0.4, -0.2) is 24.0 Å². The molecule has 1 aromatic rings. The van der Waals surface area contributed by atoms with E-state index >= 15 is 0 Å². The van der Waals surface area contributed by atoms with Crippen LogP contribution in [0.3, 0.4) is 0 Å². The summed E-state index contributed by atoms with van der Waals surface area (Å²) in [7, 11) is 0. The van der Waals surface area contributed by atoms with Crippen molar-refractivity contribution in [2.75, 3.05) is 13.1 Å². The molecule has 2 bridgehead atoms. The zero-order valence-electron chi connectivity index (χ0n) is 9.39. The Hall–Kier alpha value is -1.33. The standard InChI is InChI=1S/C14H16N2/c15-9-12-3-1-2-11(6-12)4-5-16-10-13-7-14(16)8-13/h1-3,6,13-14H,4-5,7-8,10H2. The summed E-state index contributed by atoms with van der Waals surface area (Å²) >= 11 is 0. The Morgan fingerprint density at radius 1 is 1.38 bits per heavy atom. The summed E-state index contributed by atoms with van der Waals surface area (Å²) in [6.45, 7) is 2.47. The SMILES string of the molecule is N#Cc1cccc(CCN2CC3CC2C3)c1. The highest BCUT2D eigenvalue weighted by molar-refractivity contribution is 5.32. The van der Waals surface area contributed by atoms with E-state index < -0.39 is 0 Å². The van der Waals surface area contributed by atoms with Crippen LogP contribution >= 0.6 is 0 Å². The third-order valence-corrected chi connectivity index (χ3v) is 3.96. The van der Waals surface area contributed by atoms with Crippen molar-refractivity contribution in [2.45, 2.75) is 25.3 Å². The molecule has 0 spiro atoms. The Labute approximate surface area is 96.5 Å². The van der Waals surface area contributed by atoms with Gasteiger partial charge in [0.1, 0.15) is 0 Å². The fraction of sp³-hybridized carbons (Fsp3) is 0.500.